The molecule has 0 aliphatic heterocycles. The van der Waals surface area contributed by atoms with Gasteiger partial charge in [0, 0.05) is 22.2 Å². The zero-order valence-corrected chi connectivity index (χ0v) is 12.6. The Labute approximate surface area is 130 Å². The Morgan fingerprint density at radius 2 is 1.91 bits per heavy atom. The second kappa shape index (κ2) is 5.92. The van der Waals surface area contributed by atoms with Gasteiger partial charge in [-0.15, -0.1) is 0 Å². The molecule has 3 heteroatoms. The van der Waals surface area contributed by atoms with Crippen LogP contribution >= 0.6 is 0 Å². The summed E-state index contributed by atoms with van der Waals surface area (Å²) in [4.78, 5) is 0. The van der Waals surface area contributed by atoms with Crippen molar-refractivity contribution in [2.24, 2.45) is 5.84 Å². The van der Waals surface area contributed by atoms with Crippen LogP contribution < -0.4 is 11.3 Å². The van der Waals surface area contributed by atoms with Crippen molar-refractivity contribution in [1.82, 2.24) is 4.57 Å². The van der Waals surface area contributed by atoms with Gasteiger partial charge in [0.15, 0.2) is 0 Å². The lowest BCUT2D eigenvalue weighted by Gasteiger charge is -2.08. The Morgan fingerprint density at radius 3 is 2.64 bits per heavy atom. The molecule has 1 aromatic heterocycles. The second-order valence-corrected chi connectivity index (χ2v) is 5.05. The van der Waals surface area contributed by atoms with E-state index >= 15 is 0 Å². The van der Waals surface area contributed by atoms with E-state index in [1.165, 1.54) is 10.8 Å². The quantitative estimate of drug-likeness (QED) is 0.416. The van der Waals surface area contributed by atoms with Crippen LogP contribution in [0, 0.1) is 0 Å². The zero-order valence-electron chi connectivity index (χ0n) is 12.6. The van der Waals surface area contributed by atoms with Crippen molar-refractivity contribution in [3.8, 4) is 0 Å². The van der Waals surface area contributed by atoms with Crippen LogP contribution in [0.3, 0.4) is 0 Å². The molecule has 0 amide bonds. The molecule has 3 nitrogen and oxygen atoms in total. The predicted octanol–water partition coefficient (Wildman–Crippen LogP) is 4.68. The number of nitrogens with two attached hydrogens (primary N) is 1. The molecular weight excluding hydrogens is 270 g/mol. The Kier molecular flexibility index (Phi) is 3.81. The first-order valence-electron chi connectivity index (χ1n) is 7.25. The van der Waals surface area contributed by atoms with Crippen molar-refractivity contribution in [2.75, 3.05) is 5.43 Å². The van der Waals surface area contributed by atoms with Crippen molar-refractivity contribution in [2.45, 2.75) is 6.92 Å². The van der Waals surface area contributed by atoms with Crippen molar-refractivity contribution in [3.63, 3.8) is 0 Å². The van der Waals surface area contributed by atoms with Gasteiger partial charge in [0.25, 0.3) is 0 Å². The summed E-state index contributed by atoms with van der Waals surface area (Å²) in [6, 6.07) is 14.5. The number of para-hydroxylation sites is 1. The Balaban J connectivity index is 2.43. The second-order valence-electron chi connectivity index (χ2n) is 5.05. The number of hydrogen-bond acceptors (Lipinski definition) is 2. The minimum Gasteiger partial charge on any atom is -0.324 e. The van der Waals surface area contributed by atoms with E-state index in [1.807, 2.05) is 31.2 Å². The third-order valence-corrected chi connectivity index (χ3v) is 3.77. The fourth-order valence-electron chi connectivity index (χ4n) is 2.77. The molecule has 0 saturated heterocycles. The molecule has 0 aliphatic rings. The topological polar surface area (TPSA) is 43.0 Å². The predicted molar refractivity (Wildman–Crippen MR) is 96.5 cm³/mol. The molecule has 3 rings (SSSR count). The van der Waals surface area contributed by atoms with Gasteiger partial charge in [0.2, 0.25) is 0 Å². The maximum Gasteiger partial charge on any atom is 0.0542 e. The van der Waals surface area contributed by atoms with Gasteiger partial charge in [0.05, 0.1) is 11.0 Å². The zero-order chi connectivity index (χ0) is 15.5. The number of nitrogens with zero attached hydrogens (tertiary/aromatic N) is 1. The molecular formula is C19H19N3. The van der Waals surface area contributed by atoms with Crippen LogP contribution in [0.25, 0.3) is 27.5 Å². The standard InChI is InChI=1S/C19H19N3/c1-3-5-8-15(4-2)22-18-10-7-6-9-16(18)17-13-14(21-20)11-12-19(17)22/h3-13,21H,2,20H2,1H3/b5-3-,15-8+. The number of hydrazine groups is 1. The molecule has 22 heavy (non-hydrogen) atoms. The third-order valence-electron chi connectivity index (χ3n) is 3.77. The number of allylic oxidation sites excluding steroid dienone is 5. The third kappa shape index (κ3) is 2.22. The number of benzene rings is 2. The molecule has 0 radical (unpaired) electrons. The molecule has 0 spiro atoms. The van der Waals surface area contributed by atoms with E-state index in [4.69, 9.17) is 5.84 Å². The highest BCUT2D eigenvalue weighted by Gasteiger charge is 2.12. The molecule has 110 valence electrons. The average Bonchev–Trinajstić information content (AvgIpc) is 2.90. The highest BCUT2D eigenvalue weighted by molar-refractivity contribution is 6.11. The monoisotopic (exact) mass is 289 g/mol. The summed E-state index contributed by atoms with van der Waals surface area (Å²) in [5.41, 5.74) is 6.94. The van der Waals surface area contributed by atoms with Gasteiger partial charge in [-0.3, -0.25) is 5.84 Å². The summed E-state index contributed by atoms with van der Waals surface area (Å²) < 4.78 is 2.22. The van der Waals surface area contributed by atoms with Gasteiger partial charge >= 0.3 is 0 Å². The molecule has 0 aliphatic carbocycles. The maximum atomic E-state index is 5.55. The molecule has 0 saturated carbocycles. The largest absolute Gasteiger partial charge is 0.324 e. The van der Waals surface area contributed by atoms with E-state index in [0.29, 0.717) is 0 Å². The van der Waals surface area contributed by atoms with E-state index in [0.717, 1.165) is 22.4 Å². The molecule has 3 aromatic rings. The molecule has 3 N–H and O–H groups in total. The smallest absolute Gasteiger partial charge is 0.0542 e. The number of nitrogens with one attached hydrogen (secondary N) is 1. The van der Waals surface area contributed by atoms with Gasteiger partial charge in [-0.25, -0.2) is 0 Å². The molecule has 0 fully saturated rings. The van der Waals surface area contributed by atoms with Crippen LogP contribution in [-0.2, 0) is 0 Å². The van der Waals surface area contributed by atoms with Crippen molar-refractivity contribution in [3.05, 3.63) is 73.3 Å². The van der Waals surface area contributed by atoms with Crippen LogP contribution in [0.2, 0.25) is 0 Å². The minimum atomic E-state index is 0.896. The summed E-state index contributed by atoms with van der Waals surface area (Å²) in [6.45, 7) is 5.96. The van der Waals surface area contributed by atoms with E-state index in [-0.39, 0.29) is 0 Å². The van der Waals surface area contributed by atoms with E-state index in [9.17, 15) is 0 Å². The van der Waals surface area contributed by atoms with Gasteiger partial charge in [-0.2, -0.15) is 0 Å². The first-order chi connectivity index (χ1) is 10.8. The lowest BCUT2D eigenvalue weighted by Crippen LogP contribution is -2.06. The summed E-state index contributed by atoms with van der Waals surface area (Å²) >= 11 is 0. The maximum absolute atomic E-state index is 5.55. The number of rotatable bonds is 4. The highest BCUT2D eigenvalue weighted by Crippen LogP contribution is 2.33. The van der Waals surface area contributed by atoms with Gasteiger partial charge < -0.3 is 9.99 Å². The summed E-state index contributed by atoms with van der Waals surface area (Å²) in [7, 11) is 0. The fourth-order valence-corrected chi connectivity index (χ4v) is 2.77. The SMILES string of the molecule is C=C/C(=C\C=C/C)n1c2ccccc2c2cc(NN)ccc21. The molecule has 1 heterocycles. The van der Waals surface area contributed by atoms with Crippen molar-refractivity contribution < 1.29 is 0 Å². The van der Waals surface area contributed by atoms with Crippen LogP contribution in [0.1, 0.15) is 6.92 Å². The number of fused-ring (bicyclic) bond motifs is 3. The van der Waals surface area contributed by atoms with Crippen molar-refractivity contribution >= 4 is 33.2 Å². The lowest BCUT2D eigenvalue weighted by molar-refractivity contribution is 1.24. The normalized spacial score (nSPS) is 12.4. The van der Waals surface area contributed by atoms with Crippen LogP contribution in [0.15, 0.2) is 73.3 Å². The number of nitrogen functional groups attached to an aromatic ring is 1. The first-order valence-corrected chi connectivity index (χ1v) is 7.25. The van der Waals surface area contributed by atoms with E-state index in [2.05, 4.69) is 59.0 Å². The van der Waals surface area contributed by atoms with Gasteiger partial charge in [0.1, 0.15) is 0 Å². The molecule has 0 atom stereocenters. The number of aromatic nitrogens is 1. The Hall–Kier alpha value is -2.78. The number of hydrogen-bond donors (Lipinski definition) is 2. The van der Waals surface area contributed by atoms with Crippen LogP contribution in [0.4, 0.5) is 5.69 Å². The van der Waals surface area contributed by atoms with E-state index < -0.39 is 0 Å². The van der Waals surface area contributed by atoms with Gasteiger partial charge in [-0.1, -0.05) is 36.9 Å². The molecule has 0 bridgehead atoms. The van der Waals surface area contributed by atoms with Crippen molar-refractivity contribution in [1.29, 1.82) is 0 Å². The fraction of sp³-hybridized carbons (Fsp3) is 0.0526. The highest BCUT2D eigenvalue weighted by atomic mass is 15.2. The molecule has 2 aromatic carbocycles. The first kappa shape index (κ1) is 14.2. The average molecular weight is 289 g/mol. The van der Waals surface area contributed by atoms with Crippen LogP contribution in [0.5, 0.6) is 0 Å². The Morgan fingerprint density at radius 1 is 1.14 bits per heavy atom. The van der Waals surface area contributed by atoms with E-state index in [1.54, 1.807) is 0 Å². The summed E-state index contributed by atoms with van der Waals surface area (Å²) in [5, 5.41) is 2.36. The van der Waals surface area contributed by atoms with Gasteiger partial charge in [-0.05, 0) is 43.3 Å². The Bertz CT molecular complexity index is 898. The summed E-state index contributed by atoms with van der Waals surface area (Å²) in [5.74, 6) is 5.55. The van der Waals surface area contributed by atoms with Crippen LogP contribution in [-0.4, -0.2) is 4.57 Å². The summed E-state index contributed by atoms with van der Waals surface area (Å²) in [6.07, 6.45) is 7.97. The number of anilines is 1. The minimum absolute atomic E-state index is 0.896. The molecule has 0 unspecified atom stereocenters. The lowest BCUT2D eigenvalue weighted by atomic mass is 10.1.